The van der Waals surface area contributed by atoms with Crippen molar-refractivity contribution < 1.29 is 14.6 Å². The summed E-state index contributed by atoms with van der Waals surface area (Å²) in [7, 11) is 0. The molecule has 3 saturated heterocycles. The van der Waals surface area contributed by atoms with Gasteiger partial charge in [0.05, 0.1) is 19.3 Å². The standard InChI is InChI=1S/C26H33ClN4O3/c27-21-4-6-23(7-5-21)31-12-9-20(15-31)26(32)29-22(16-30-10-1-2-11-30)13-19-3-8-25(28-14-19)34-24-17-33-18-24/h3-8,14,20,22,24H,1-2,9-13,15-18H2,(H,29,32)/p-1/t20-,22?/m1/s1. The van der Waals surface area contributed by atoms with E-state index in [1.165, 1.54) is 12.8 Å². The van der Waals surface area contributed by atoms with E-state index in [1.807, 2.05) is 42.6 Å². The lowest BCUT2D eigenvalue weighted by atomic mass is 10.1. The summed E-state index contributed by atoms with van der Waals surface area (Å²) in [4.78, 5) is 13.9. The van der Waals surface area contributed by atoms with Gasteiger partial charge in [-0.1, -0.05) is 17.7 Å². The summed E-state index contributed by atoms with van der Waals surface area (Å²) in [5.74, 6) is 0.586. The van der Waals surface area contributed by atoms with Gasteiger partial charge in [-0.2, -0.15) is 0 Å². The van der Waals surface area contributed by atoms with Crippen molar-refractivity contribution in [3.63, 3.8) is 0 Å². The summed E-state index contributed by atoms with van der Waals surface area (Å²) < 4.78 is 10.9. The van der Waals surface area contributed by atoms with Gasteiger partial charge in [0.2, 0.25) is 5.88 Å². The number of pyridine rings is 1. The molecular formula is C26H32ClN4O3-. The number of halogens is 1. The van der Waals surface area contributed by atoms with Gasteiger partial charge in [-0.05, 0) is 74.5 Å². The number of ether oxygens (including phenoxy) is 2. The van der Waals surface area contributed by atoms with E-state index in [2.05, 4.69) is 14.8 Å². The Morgan fingerprint density at radius 3 is 2.62 bits per heavy atom. The van der Waals surface area contributed by atoms with Crippen molar-refractivity contribution >= 4 is 23.2 Å². The molecule has 1 aromatic carbocycles. The summed E-state index contributed by atoms with van der Waals surface area (Å²) in [6, 6.07) is 11.7. The molecule has 8 heteroatoms. The first-order valence-corrected chi connectivity index (χ1v) is 12.7. The van der Waals surface area contributed by atoms with Crippen molar-refractivity contribution in [2.75, 3.05) is 50.8 Å². The van der Waals surface area contributed by atoms with Gasteiger partial charge < -0.3 is 29.4 Å². The Kier molecular flexibility index (Phi) is 7.52. The molecule has 182 valence electrons. The van der Waals surface area contributed by atoms with Crippen LogP contribution in [0.5, 0.6) is 5.88 Å². The second-order valence-corrected chi connectivity index (χ2v) is 9.96. The zero-order valence-electron chi connectivity index (χ0n) is 19.4. The Morgan fingerprint density at radius 1 is 1.15 bits per heavy atom. The molecule has 2 aromatic rings. The maximum atomic E-state index is 13.2. The fraction of sp³-hybridized carbons (Fsp3) is 0.538. The lowest BCUT2D eigenvalue weighted by Crippen LogP contribution is -2.38. The Balaban J connectivity index is 1.23. The van der Waals surface area contributed by atoms with E-state index in [0.717, 1.165) is 48.9 Å². The predicted octanol–water partition coefficient (Wildman–Crippen LogP) is 2.80. The van der Waals surface area contributed by atoms with Crippen LogP contribution < -0.4 is 14.7 Å². The molecule has 3 aliphatic rings. The van der Waals surface area contributed by atoms with E-state index < -0.39 is 0 Å². The number of hydrogen-bond acceptors (Lipinski definition) is 7. The van der Waals surface area contributed by atoms with Gasteiger partial charge in [0.15, 0.2) is 0 Å². The van der Waals surface area contributed by atoms with E-state index in [0.29, 0.717) is 32.1 Å². The minimum absolute atomic E-state index is 0.0264. The monoisotopic (exact) mass is 483 g/mol. The van der Waals surface area contributed by atoms with Crippen molar-refractivity contribution in [2.45, 2.75) is 37.8 Å². The molecule has 1 unspecified atom stereocenters. The van der Waals surface area contributed by atoms with Crippen molar-refractivity contribution in [1.82, 2.24) is 9.88 Å². The summed E-state index contributed by atoms with van der Waals surface area (Å²) in [5, 5.41) is 13.9. The fourth-order valence-corrected chi connectivity index (χ4v) is 5.00. The van der Waals surface area contributed by atoms with Crippen LogP contribution in [0.1, 0.15) is 24.8 Å². The first-order valence-electron chi connectivity index (χ1n) is 12.3. The molecule has 0 spiro atoms. The summed E-state index contributed by atoms with van der Waals surface area (Å²) in [6.45, 7) is 5.81. The van der Waals surface area contributed by atoms with Crippen LogP contribution in [0.3, 0.4) is 0 Å². The van der Waals surface area contributed by atoms with Gasteiger partial charge in [0.25, 0.3) is 0 Å². The van der Waals surface area contributed by atoms with Crippen molar-refractivity contribution in [2.24, 2.45) is 10.9 Å². The lowest BCUT2D eigenvalue weighted by molar-refractivity contribution is -0.223. The molecule has 7 nitrogen and oxygen atoms in total. The smallest absolute Gasteiger partial charge is 0.213 e. The molecule has 4 heterocycles. The third kappa shape index (κ3) is 6.01. The highest BCUT2D eigenvalue weighted by Crippen LogP contribution is 2.26. The van der Waals surface area contributed by atoms with Gasteiger partial charge in [0.1, 0.15) is 6.10 Å². The number of benzene rings is 1. The molecule has 2 atom stereocenters. The molecule has 0 aliphatic carbocycles. The molecule has 5 rings (SSSR count). The number of aliphatic imine (C=N–C) groups is 1. The largest absolute Gasteiger partial charge is 0.862 e. The molecule has 0 bridgehead atoms. The molecule has 0 amide bonds. The summed E-state index contributed by atoms with van der Waals surface area (Å²) in [5.41, 5.74) is 2.18. The zero-order valence-corrected chi connectivity index (χ0v) is 20.2. The van der Waals surface area contributed by atoms with Crippen LogP contribution >= 0.6 is 11.6 Å². The van der Waals surface area contributed by atoms with Crippen molar-refractivity contribution in [3.8, 4) is 5.88 Å². The van der Waals surface area contributed by atoms with Crippen LogP contribution in [0.2, 0.25) is 5.02 Å². The maximum Gasteiger partial charge on any atom is 0.213 e. The van der Waals surface area contributed by atoms with Crippen LogP contribution in [0, 0.1) is 5.92 Å². The van der Waals surface area contributed by atoms with Crippen molar-refractivity contribution in [1.29, 1.82) is 0 Å². The average molecular weight is 484 g/mol. The number of likely N-dealkylation sites (tertiary alicyclic amines) is 1. The second kappa shape index (κ2) is 10.9. The Morgan fingerprint density at radius 2 is 1.94 bits per heavy atom. The number of aromatic nitrogens is 1. The maximum absolute atomic E-state index is 13.2. The minimum atomic E-state index is -0.0659. The van der Waals surface area contributed by atoms with E-state index in [4.69, 9.17) is 26.1 Å². The molecule has 1 aromatic heterocycles. The van der Waals surface area contributed by atoms with Gasteiger partial charge in [-0.25, -0.2) is 4.98 Å². The van der Waals surface area contributed by atoms with Gasteiger partial charge in [-0.3, -0.25) is 0 Å². The lowest BCUT2D eigenvalue weighted by Gasteiger charge is -2.27. The van der Waals surface area contributed by atoms with Crippen LogP contribution in [0.4, 0.5) is 5.69 Å². The van der Waals surface area contributed by atoms with E-state index in [-0.39, 0.29) is 24.0 Å². The SMILES string of the molecule is [O-]C(=NC(Cc1ccc(OC2COC2)nc1)CN1CCCC1)[C@@H]1CCN(c2ccc(Cl)cc2)C1. The predicted molar refractivity (Wildman–Crippen MR) is 132 cm³/mol. The number of nitrogens with zero attached hydrogens (tertiary/aromatic N) is 4. The normalized spacial score (nSPS) is 22.7. The fourth-order valence-electron chi connectivity index (χ4n) is 4.87. The quantitative estimate of drug-likeness (QED) is 0.403. The first-order chi connectivity index (χ1) is 16.6. The molecule has 34 heavy (non-hydrogen) atoms. The average Bonchev–Trinajstić information content (AvgIpc) is 3.50. The summed E-state index contributed by atoms with van der Waals surface area (Å²) >= 11 is 6.02. The van der Waals surface area contributed by atoms with Crippen LogP contribution in [-0.4, -0.2) is 73.9 Å². The molecule has 0 radical (unpaired) electrons. The highest BCUT2D eigenvalue weighted by molar-refractivity contribution is 6.30. The molecule has 0 N–H and O–H groups in total. The second-order valence-electron chi connectivity index (χ2n) is 9.52. The third-order valence-corrected chi connectivity index (χ3v) is 7.12. The van der Waals surface area contributed by atoms with E-state index >= 15 is 0 Å². The number of anilines is 1. The Labute approximate surface area is 206 Å². The summed E-state index contributed by atoms with van der Waals surface area (Å²) in [6.07, 6.45) is 5.93. The Hall–Kier alpha value is -2.35. The van der Waals surface area contributed by atoms with Crippen LogP contribution in [0.15, 0.2) is 47.6 Å². The number of rotatable bonds is 9. The number of hydrogen-bond donors (Lipinski definition) is 0. The molecule has 3 aliphatic heterocycles. The van der Waals surface area contributed by atoms with E-state index in [1.54, 1.807) is 0 Å². The first kappa shape index (κ1) is 23.4. The van der Waals surface area contributed by atoms with Crippen LogP contribution in [0.25, 0.3) is 0 Å². The zero-order chi connectivity index (χ0) is 23.3. The highest BCUT2D eigenvalue weighted by Gasteiger charge is 2.25. The minimum Gasteiger partial charge on any atom is -0.862 e. The molecular weight excluding hydrogens is 452 g/mol. The van der Waals surface area contributed by atoms with Gasteiger partial charge in [0, 0.05) is 48.5 Å². The third-order valence-electron chi connectivity index (χ3n) is 6.87. The van der Waals surface area contributed by atoms with Gasteiger partial charge in [-0.15, -0.1) is 0 Å². The van der Waals surface area contributed by atoms with Crippen LogP contribution in [-0.2, 0) is 11.2 Å². The molecule has 0 saturated carbocycles. The van der Waals surface area contributed by atoms with E-state index in [9.17, 15) is 5.11 Å². The Bertz CT molecular complexity index is 959. The highest BCUT2D eigenvalue weighted by atomic mass is 35.5. The topological polar surface area (TPSA) is 73.2 Å². The molecule has 3 fully saturated rings. The van der Waals surface area contributed by atoms with Gasteiger partial charge >= 0.3 is 0 Å². The van der Waals surface area contributed by atoms with Crippen molar-refractivity contribution in [3.05, 3.63) is 53.2 Å².